The van der Waals surface area contributed by atoms with E-state index >= 15 is 0 Å². The van der Waals surface area contributed by atoms with E-state index in [9.17, 15) is 4.79 Å². The van der Waals surface area contributed by atoms with Crippen molar-refractivity contribution >= 4 is 5.78 Å². The third-order valence-electron chi connectivity index (χ3n) is 1.42. The quantitative estimate of drug-likeness (QED) is 0.522. The van der Waals surface area contributed by atoms with E-state index in [4.69, 9.17) is 9.47 Å². The lowest BCUT2D eigenvalue weighted by Gasteiger charge is -2.01. The number of ether oxygens (including phenoxy) is 2. The van der Waals surface area contributed by atoms with E-state index in [-0.39, 0.29) is 12.4 Å². The average Bonchev–Trinajstić information content (AvgIpc) is 2.06. The molecular weight excluding hydrogens is 156 g/mol. The lowest BCUT2D eigenvalue weighted by Crippen LogP contribution is -2.09. The molecule has 0 saturated heterocycles. The first-order chi connectivity index (χ1) is 5.81. The van der Waals surface area contributed by atoms with Gasteiger partial charge in [-0.1, -0.05) is 6.92 Å². The average molecular weight is 174 g/mol. The number of carbonyl (C=O) groups is 1. The Bertz CT molecular complexity index is 100. The van der Waals surface area contributed by atoms with Crippen molar-refractivity contribution in [1.82, 2.24) is 0 Å². The zero-order valence-electron chi connectivity index (χ0n) is 7.97. The summed E-state index contributed by atoms with van der Waals surface area (Å²) < 4.78 is 9.91. The van der Waals surface area contributed by atoms with E-state index in [1.165, 1.54) is 0 Å². The molecule has 0 heterocycles. The molecule has 72 valence electrons. The van der Waals surface area contributed by atoms with Crippen LogP contribution < -0.4 is 0 Å². The van der Waals surface area contributed by atoms with Crippen LogP contribution in [-0.4, -0.2) is 32.7 Å². The minimum atomic E-state index is 0.167. The molecule has 0 amide bonds. The van der Waals surface area contributed by atoms with Crippen LogP contribution >= 0.6 is 0 Å². The summed E-state index contributed by atoms with van der Waals surface area (Å²) in [6.07, 6.45) is 2.33. The highest BCUT2D eigenvalue weighted by molar-refractivity contribution is 5.79. The SMILES string of the molecule is CCCOCC(=O)CCCOC. The summed E-state index contributed by atoms with van der Waals surface area (Å²) in [5.74, 6) is 0.167. The molecule has 0 aliphatic rings. The molecule has 0 aliphatic carbocycles. The van der Waals surface area contributed by atoms with Crippen molar-refractivity contribution in [1.29, 1.82) is 0 Å². The molecule has 3 nitrogen and oxygen atoms in total. The van der Waals surface area contributed by atoms with Crippen molar-refractivity contribution < 1.29 is 14.3 Å². The van der Waals surface area contributed by atoms with Gasteiger partial charge in [0.25, 0.3) is 0 Å². The van der Waals surface area contributed by atoms with Gasteiger partial charge in [-0.05, 0) is 12.8 Å². The van der Waals surface area contributed by atoms with Crippen LogP contribution in [0.4, 0.5) is 0 Å². The molecule has 0 radical (unpaired) electrons. The molecule has 0 spiro atoms. The van der Waals surface area contributed by atoms with Crippen LogP contribution in [0.2, 0.25) is 0 Å². The van der Waals surface area contributed by atoms with E-state index in [1.54, 1.807) is 7.11 Å². The van der Waals surface area contributed by atoms with Crippen molar-refractivity contribution in [3.8, 4) is 0 Å². The highest BCUT2D eigenvalue weighted by Gasteiger charge is 2.00. The van der Waals surface area contributed by atoms with Gasteiger partial charge in [0, 0.05) is 26.7 Å². The molecule has 0 aliphatic heterocycles. The molecule has 0 bridgehead atoms. The minimum absolute atomic E-state index is 0.167. The van der Waals surface area contributed by atoms with Gasteiger partial charge in [-0.3, -0.25) is 4.79 Å². The number of Topliss-reactive ketones (excluding diaryl/α,β-unsaturated/α-hetero) is 1. The smallest absolute Gasteiger partial charge is 0.158 e. The maximum atomic E-state index is 11.0. The van der Waals surface area contributed by atoms with Crippen molar-refractivity contribution in [3.05, 3.63) is 0 Å². The minimum Gasteiger partial charge on any atom is -0.385 e. The van der Waals surface area contributed by atoms with Crippen LogP contribution in [-0.2, 0) is 14.3 Å². The fraction of sp³-hybridized carbons (Fsp3) is 0.889. The maximum Gasteiger partial charge on any atom is 0.158 e. The Kier molecular flexibility index (Phi) is 8.39. The third kappa shape index (κ3) is 7.69. The van der Waals surface area contributed by atoms with Crippen molar-refractivity contribution in [2.75, 3.05) is 26.9 Å². The molecule has 0 saturated carbocycles. The first-order valence-corrected chi connectivity index (χ1v) is 4.39. The standard InChI is InChI=1S/C9H18O3/c1-3-6-12-8-9(10)5-4-7-11-2/h3-8H2,1-2H3. The molecule has 0 aromatic carbocycles. The fourth-order valence-corrected chi connectivity index (χ4v) is 0.816. The molecule has 12 heavy (non-hydrogen) atoms. The molecular formula is C9H18O3. The Balaban J connectivity index is 3.10. The highest BCUT2D eigenvalue weighted by Crippen LogP contribution is 1.92. The molecule has 0 N–H and O–H groups in total. The number of methoxy groups -OCH3 is 1. The third-order valence-corrected chi connectivity index (χ3v) is 1.42. The van der Waals surface area contributed by atoms with Crippen LogP contribution in [0.15, 0.2) is 0 Å². The van der Waals surface area contributed by atoms with Crippen LogP contribution in [0.1, 0.15) is 26.2 Å². The van der Waals surface area contributed by atoms with E-state index < -0.39 is 0 Å². The molecule has 3 heteroatoms. The second kappa shape index (κ2) is 8.68. The van der Waals surface area contributed by atoms with Crippen LogP contribution in [0.25, 0.3) is 0 Å². The Morgan fingerprint density at radius 2 is 2.08 bits per heavy atom. The summed E-state index contributed by atoms with van der Waals surface area (Å²) in [6, 6.07) is 0. The lowest BCUT2D eigenvalue weighted by atomic mass is 10.2. The Hall–Kier alpha value is -0.410. The first-order valence-electron chi connectivity index (χ1n) is 4.39. The molecule has 0 aromatic heterocycles. The summed E-state index contributed by atoms with van der Waals surface area (Å²) in [7, 11) is 1.64. The second-order valence-electron chi connectivity index (χ2n) is 2.69. The number of hydrogen-bond acceptors (Lipinski definition) is 3. The van der Waals surface area contributed by atoms with Crippen LogP contribution in [0.5, 0.6) is 0 Å². The van der Waals surface area contributed by atoms with Crippen LogP contribution in [0.3, 0.4) is 0 Å². The summed E-state index contributed by atoms with van der Waals surface area (Å²) in [5.41, 5.74) is 0. The molecule has 0 aromatic rings. The predicted molar refractivity (Wildman–Crippen MR) is 47.2 cm³/mol. The summed E-state index contributed by atoms with van der Waals surface area (Å²) >= 11 is 0. The Morgan fingerprint density at radius 1 is 1.33 bits per heavy atom. The monoisotopic (exact) mass is 174 g/mol. The normalized spacial score (nSPS) is 10.2. The summed E-state index contributed by atoms with van der Waals surface area (Å²) in [4.78, 5) is 11.0. The second-order valence-corrected chi connectivity index (χ2v) is 2.69. The summed E-state index contributed by atoms with van der Waals surface area (Å²) in [5, 5.41) is 0. The number of rotatable bonds is 8. The van der Waals surface area contributed by atoms with Gasteiger partial charge in [-0.25, -0.2) is 0 Å². The van der Waals surface area contributed by atoms with E-state index in [0.717, 1.165) is 12.8 Å². The maximum absolute atomic E-state index is 11.0. The highest BCUT2D eigenvalue weighted by atomic mass is 16.5. The van der Waals surface area contributed by atoms with Gasteiger partial charge in [-0.15, -0.1) is 0 Å². The van der Waals surface area contributed by atoms with Crippen molar-refractivity contribution in [2.45, 2.75) is 26.2 Å². The Labute approximate surface area is 74.0 Å². The number of carbonyl (C=O) groups excluding carboxylic acids is 1. The van der Waals surface area contributed by atoms with E-state index in [1.807, 2.05) is 6.92 Å². The van der Waals surface area contributed by atoms with Crippen molar-refractivity contribution in [2.24, 2.45) is 0 Å². The molecule has 0 fully saturated rings. The van der Waals surface area contributed by atoms with Gasteiger partial charge < -0.3 is 9.47 Å². The van der Waals surface area contributed by atoms with Crippen LogP contribution in [0, 0.1) is 0 Å². The molecule has 0 atom stereocenters. The fourth-order valence-electron chi connectivity index (χ4n) is 0.816. The van der Waals surface area contributed by atoms with Gasteiger partial charge in [0.05, 0.1) is 0 Å². The summed E-state index contributed by atoms with van der Waals surface area (Å²) in [6.45, 7) is 3.61. The Morgan fingerprint density at radius 3 is 2.67 bits per heavy atom. The first kappa shape index (κ1) is 11.6. The zero-order chi connectivity index (χ0) is 9.23. The zero-order valence-corrected chi connectivity index (χ0v) is 7.97. The molecule has 0 unspecified atom stereocenters. The van der Waals surface area contributed by atoms with Crippen molar-refractivity contribution in [3.63, 3.8) is 0 Å². The van der Waals surface area contributed by atoms with Gasteiger partial charge in [-0.2, -0.15) is 0 Å². The van der Waals surface area contributed by atoms with E-state index in [2.05, 4.69) is 0 Å². The lowest BCUT2D eigenvalue weighted by molar-refractivity contribution is -0.123. The number of hydrogen-bond donors (Lipinski definition) is 0. The topological polar surface area (TPSA) is 35.5 Å². The largest absolute Gasteiger partial charge is 0.385 e. The molecule has 0 rings (SSSR count). The number of ketones is 1. The van der Waals surface area contributed by atoms with Gasteiger partial charge >= 0.3 is 0 Å². The van der Waals surface area contributed by atoms with Gasteiger partial charge in [0.1, 0.15) is 6.61 Å². The predicted octanol–water partition coefficient (Wildman–Crippen LogP) is 1.41. The van der Waals surface area contributed by atoms with E-state index in [0.29, 0.717) is 19.6 Å². The van der Waals surface area contributed by atoms with Gasteiger partial charge in [0.2, 0.25) is 0 Å². The van der Waals surface area contributed by atoms with Gasteiger partial charge in [0.15, 0.2) is 5.78 Å².